The molecule has 0 unspecified atom stereocenters. The smallest absolute Gasteiger partial charge is 0.122 e. The van der Waals surface area contributed by atoms with E-state index in [1.807, 2.05) is 0 Å². The van der Waals surface area contributed by atoms with E-state index in [4.69, 9.17) is 4.74 Å². The van der Waals surface area contributed by atoms with E-state index in [1.54, 1.807) is 5.57 Å². The number of ether oxygens (including phenoxy) is 1. The van der Waals surface area contributed by atoms with Crippen LogP contribution in [-0.4, -0.2) is 29.6 Å². The van der Waals surface area contributed by atoms with Gasteiger partial charge in [0.1, 0.15) is 5.72 Å². The number of piperidine rings is 1. The van der Waals surface area contributed by atoms with Crippen molar-refractivity contribution in [2.24, 2.45) is 46.3 Å². The maximum Gasteiger partial charge on any atom is 0.122 e. The molecule has 6 aliphatic rings. The van der Waals surface area contributed by atoms with Gasteiger partial charge in [-0.1, -0.05) is 39.3 Å². The molecule has 0 amide bonds. The van der Waals surface area contributed by atoms with Crippen molar-refractivity contribution in [2.75, 3.05) is 6.54 Å². The normalized spacial score (nSPS) is 59.8. The number of aliphatic hydroxyl groups excluding tert-OH is 1. The third-order valence-electron chi connectivity index (χ3n) is 11.6. The van der Waals surface area contributed by atoms with Crippen LogP contribution in [0.4, 0.5) is 0 Å². The summed E-state index contributed by atoms with van der Waals surface area (Å²) in [4.78, 5) is 0. The average molecular weight is 414 g/mol. The summed E-state index contributed by atoms with van der Waals surface area (Å²) in [7, 11) is 0. The Morgan fingerprint density at radius 1 is 1.07 bits per heavy atom. The predicted octanol–water partition coefficient (Wildman–Crippen LogP) is 5.29. The molecule has 3 heteroatoms. The minimum atomic E-state index is -0.100. The molecule has 4 aliphatic carbocycles. The molecule has 6 rings (SSSR count). The van der Waals surface area contributed by atoms with Gasteiger partial charge in [-0.3, -0.25) is 5.32 Å². The molecule has 168 valence electrons. The van der Waals surface area contributed by atoms with Crippen LogP contribution in [-0.2, 0) is 4.74 Å². The lowest BCUT2D eigenvalue weighted by molar-refractivity contribution is -0.115. The number of hydrogen-bond acceptors (Lipinski definition) is 3. The van der Waals surface area contributed by atoms with Crippen LogP contribution in [0.3, 0.4) is 0 Å². The summed E-state index contributed by atoms with van der Waals surface area (Å²) >= 11 is 0. The van der Waals surface area contributed by atoms with E-state index in [0.29, 0.717) is 22.9 Å². The number of aliphatic hydroxyl groups is 1. The van der Waals surface area contributed by atoms with E-state index >= 15 is 0 Å². The van der Waals surface area contributed by atoms with E-state index in [-0.39, 0.29) is 11.8 Å². The van der Waals surface area contributed by atoms with Gasteiger partial charge in [-0.05, 0) is 98.2 Å². The highest BCUT2D eigenvalue weighted by molar-refractivity contribution is 5.26. The van der Waals surface area contributed by atoms with Gasteiger partial charge in [0, 0.05) is 12.5 Å². The molecule has 30 heavy (non-hydrogen) atoms. The van der Waals surface area contributed by atoms with Crippen LogP contribution in [0.2, 0.25) is 0 Å². The fraction of sp³-hybridized carbons (Fsp3) is 0.926. The molecule has 0 aromatic heterocycles. The molecular weight excluding hydrogens is 370 g/mol. The van der Waals surface area contributed by atoms with Crippen molar-refractivity contribution in [3.63, 3.8) is 0 Å². The van der Waals surface area contributed by atoms with E-state index in [9.17, 15) is 5.11 Å². The van der Waals surface area contributed by atoms with Crippen LogP contribution in [0.1, 0.15) is 85.5 Å². The predicted molar refractivity (Wildman–Crippen MR) is 120 cm³/mol. The third-order valence-corrected chi connectivity index (χ3v) is 11.6. The summed E-state index contributed by atoms with van der Waals surface area (Å²) in [5, 5.41) is 14.1. The molecular formula is C27H43NO2. The number of nitrogens with one attached hydrogen (secondary N) is 1. The molecule has 3 nitrogen and oxygen atoms in total. The monoisotopic (exact) mass is 413 g/mol. The second-order valence-corrected chi connectivity index (χ2v) is 12.8. The first kappa shape index (κ1) is 20.2. The van der Waals surface area contributed by atoms with Crippen LogP contribution in [0, 0.1) is 46.3 Å². The highest BCUT2D eigenvalue weighted by atomic mass is 16.5. The summed E-state index contributed by atoms with van der Waals surface area (Å²) in [6, 6.07) is 0. The van der Waals surface area contributed by atoms with Gasteiger partial charge in [0.2, 0.25) is 0 Å². The van der Waals surface area contributed by atoms with Crippen molar-refractivity contribution in [2.45, 2.75) is 103 Å². The SMILES string of the molecule is C[C@H]1CC[C@]2(NC1)O[C@H]1C[C@H]3[C@@H]4CC=C5C[C@@H](O)CC[C@]5(C)[C@H]4CC[C@]3(C)[C@H]1[C@@H]2C. The Morgan fingerprint density at radius 2 is 1.90 bits per heavy atom. The lowest BCUT2D eigenvalue weighted by atomic mass is 9.47. The fourth-order valence-electron chi connectivity index (χ4n) is 9.84. The maximum atomic E-state index is 10.3. The molecule has 2 saturated heterocycles. The average Bonchev–Trinajstić information content (AvgIpc) is 3.16. The lowest BCUT2D eigenvalue weighted by Gasteiger charge is -2.58. The maximum absolute atomic E-state index is 10.3. The zero-order valence-electron chi connectivity index (χ0n) is 19.6. The summed E-state index contributed by atoms with van der Waals surface area (Å²) in [5.41, 5.74) is 2.33. The first-order valence-electron chi connectivity index (χ1n) is 13.1. The number of fused-ring (bicyclic) bond motifs is 7. The van der Waals surface area contributed by atoms with Crippen LogP contribution in [0.15, 0.2) is 11.6 Å². The molecule has 11 atom stereocenters. The molecule has 3 saturated carbocycles. The molecule has 2 N–H and O–H groups in total. The van der Waals surface area contributed by atoms with Gasteiger partial charge in [0.25, 0.3) is 0 Å². The summed E-state index contributed by atoms with van der Waals surface area (Å²) in [6.45, 7) is 11.2. The Balaban J connectivity index is 1.28. The molecule has 5 fully saturated rings. The van der Waals surface area contributed by atoms with Crippen molar-refractivity contribution in [1.29, 1.82) is 0 Å². The standard InChI is InChI=1S/C27H43NO2/c1-16-7-12-27(28-15-16)17(2)24-23(30-27)14-22-20-6-5-18-13-19(29)8-10-25(18,3)21(20)9-11-26(22,24)4/h5,16-17,19-24,28-29H,6-15H2,1-4H3/t16-,17-,19-,20+,21-,22-,23-,24-,25-,26-,27-/m0/s1. The van der Waals surface area contributed by atoms with Crippen molar-refractivity contribution in [3.05, 3.63) is 11.6 Å². The second kappa shape index (κ2) is 6.58. The Labute approximate surface area is 183 Å². The van der Waals surface area contributed by atoms with E-state index in [0.717, 1.165) is 49.0 Å². The number of allylic oxidation sites excluding steroid dienone is 1. The van der Waals surface area contributed by atoms with E-state index < -0.39 is 0 Å². The van der Waals surface area contributed by atoms with Crippen LogP contribution in [0.25, 0.3) is 0 Å². The third kappa shape index (κ3) is 2.55. The quantitative estimate of drug-likeness (QED) is 0.530. The van der Waals surface area contributed by atoms with Gasteiger partial charge in [-0.15, -0.1) is 0 Å². The molecule has 1 spiro atoms. The van der Waals surface area contributed by atoms with Gasteiger partial charge in [-0.2, -0.15) is 0 Å². The Bertz CT molecular complexity index is 739. The molecule has 0 aromatic carbocycles. The van der Waals surface area contributed by atoms with Crippen LogP contribution in [0.5, 0.6) is 0 Å². The van der Waals surface area contributed by atoms with Gasteiger partial charge in [0.05, 0.1) is 12.2 Å². The molecule has 2 aliphatic heterocycles. The van der Waals surface area contributed by atoms with Gasteiger partial charge >= 0.3 is 0 Å². The van der Waals surface area contributed by atoms with E-state index in [1.165, 1.54) is 44.9 Å². The van der Waals surface area contributed by atoms with E-state index in [2.05, 4.69) is 39.1 Å². The Morgan fingerprint density at radius 3 is 2.67 bits per heavy atom. The number of hydrogen-bond donors (Lipinski definition) is 2. The highest BCUT2D eigenvalue weighted by Crippen LogP contribution is 2.70. The van der Waals surface area contributed by atoms with Crippen molar-refractivity contribution >= 4 is 0 Å². The molecule has 2 heterocycles. The summed E-state index contributed by atoms with van der Waals surface area (Å²) < 4.78 is 7.00. The first-order chi connectivity index (χ1) is 14.3. The van der Waals surface area contributed by atoms with Crippen molar-refractivity contribution < 1.29 is 9.84 Å². The number of rotatable bonds is 0. The van der Waals surface area contributed by atoms with Gasteiger partial charge in [0.15, 0.2) is 0 Å². The Hall–Kier alpha value is -0.380. The van der Waals surface area contributed by atoms with Crippen molar-refractivity contribution in [3.8, 4) is 0 Å². The van der Waals surface area contributed by atoms with Crippen molar-refractivity contribution in [1.82, 2.24) is 5.32 Å². The first-order valence-corrected chi connectivity index (χ1v) is 13.1. The second-order valence-electron chi connectivity index (χ2n) is 12.8. The molecule has 0 bridgehead atoms. The largest absolute Gasteiger partial charge is 0.393 e. The zero-order valence-corrected chi connectivity index (χ0v) is 19.6. The van der Waals surface area contributed by atoms with Gasteiger partial charge < -0.3 is 9.84 Å². The molecule has 0 aromatic rings. The van der Waals surface area contributed by atoms with Crippen LogP contribution < -0.4 is 5.32 Å². The molecule has 0 radical (unpaired) electrons. The minimum Gasteiger partial charge on any atom is -0.393 e. The zero-order chi connectivity index (χ0) is 20.9. The lowest BCUT2D eigenvalue weighted by Crippen LogP contribution is -2.57. The van der Waals surface area contributed by atoms with Crippen LogP contribution >= 0.6 is 0 Å². The fourth-order valence-corrected chi connectivity index (χ4v) is 9.84. The van der Waals surface area contributed by atoms with Gasteiger partial charge in [-0.25, -0.2) is 0 Å². The topological polar surface area (TPSA) is 41.5 Å². The minimum absolute atomic E-state index is 0.0439. The summed E-state index contributed by atoms with van der Waals surface area (Å²) in [6.07, 6.45) is 13.8. The summed E-state index contributed by atoms with van der Waals surface area (Å²) in [5.74, 6) is 4.58. The Kier molecular flexibility index (Phi) is 4.44. The highest BCUT2D eigenvalue weighted by Gasteiger charge is 2.68.